The number of halogens is 1. The highest BCUT2D eigenvalue weighted by molar-refractivity contribution is 6.33. The number of hydrogen-bond donors (Lipinski definition) is 0. The van der Waals surface area contributed by atoms with Crippen LogP contribution >= 0.6 is 11.6 Å². The van der Waals surface area contributed by atoms with Crippen molar-refractivity contribution in [2.75, 3.05) is 13.9 Å². The maximum absolute atomic E-state index is 6.19. The smallest absolute Gasteiger partial charge is 0.188 e. The van der Waals surface area contributed by atoms with Crippen LogP contribution < -0.4 is 4.74 Å². The highest BCUT2D eigenvalue weighted by Gasteiger charge is 2.10. The van der Waals surface area contributed by atoms with Gasteiger partial charge in [-0.2, -0.15) is 0 Å². The molecule has 0 heterocycles. The van der Waals surface area contributed by atoms with Gasteiger partial charge in [-0.3, -0.25) is 0 Å². The summed E-state index contributed by atoms with van der Waals surface area (Å²) in [5.41, 5.74) is 1.23. The number of ether oxygens (including phenoxy) is 2. The molecule has 2 rings (SSSR count). The van der Waals surface area contributed by atoms with Gasteiger partial charge in [0.2, 0.25) is 0 Å². The van der Waals surface area contributed by atoms with Gasteiger partial charge in [0.05, 0.1) is 5.02 Å². The van der Waals surface area contributed by atoms with E-state index < -0.39 is 0 Å². The van der Waals surface area contributed by atoms with E-state index in [1.54, 1.807) is 7.11 Å². The van der Waals surface area contributed by atoms with Crippen LogP contribution in [0.25, 0.3) is 10.8 Å². The third-order valence-electron chi connectivity index (χ3n) is 2.74. The fourth-order valence-corrected chi connectivity index (χ4v) is 2.16. The van der Waals surface area contributed by atoms with Crippen molar-refractivity contribution in [3.05, 3.63) is 40.9 Å². The van der Waals surface area contributed by atoms with E-state index in [2.05, 4.69) is 25.1 Å². The fraction of sp³-hybridized carbons (Fsp3) is 0.286. The van der Waals surface area contributed by atoms with E-state index in [1.165, 1.54) is 5.56 Å². The van der Waals surface area contributed by atoms with E-state index in [1.807, 2.05) is 12.1 Å². The number of benzene rings is 2. The van der Waals surface area contributed by atoms with Crippen molar-refractivity contribution in [1.82, 2.24) is 0 Å². The lowest BCUT2D eigenvalue weighted by molar-refractivity contribution is 0.0523. The topological polar surface area (TPSA) is 18.5 Å². The molecule has 0 saturated carbocycles. The lowest BCUT2D eigenvalue weighted by Crippen LogP contribution is -2.01. The Morgan fingerprint density at radius 1 is 1.18 bits per heavy atom. The van der Waals surface area contributed by atoms with Crippen LogP contribution in [0.15, 0.2) is 30.3 Å². The molecule has 0 N–H and O–H groups in total. The van der Waals surface area contributed by atoms with E-state index >= 15 is 0 Å². The summed E-state index contributed by atoms with van der Waals surface area (Å²) < 4.78 is 10.5. The van der Waals surface area contributed by atoms with Crippen LogP contribution in [0.1, 0.15) is 12.5 Å². The molecular weight excluding hydrogens is 236 g/mol. The zero-order chi connectivity index (χ0) is 12.3. The van der Waals surface area contributed by atoms with Crippen molar-refractivity contribution in [3.63, 3.8) is 0 Å². The monoisotopic (exact) mass is 250 g/mol. The van der Waals surface area contributed by atoms with Crippen molar-refractivity contribution >= 4 is 22.4 Å². The minimum Gasteiger partial charge on any atom is -0.465 e. The normalized spacial score (nSPS) is 10.8. The molecule has 2 aromatic rings. The first-order chi connectivity index (χ1) is 8.27. The Bertz CT molecular complexity index is 523. The standard InChI is InChI=1S/C14H15ClO2/c1-3-10-5-4-6-11-7-8-12(15)14(13(10)11)17-9-16-2/h4-8H,3,9H2,1-2H3. The maximum atomic E-state index is 6.19. The number of methoxy groups -OCH3 is 1. The molecule has 0 fully saturated rings. The molecule has 0 unspecified atom stereocenters. The van der Waals surface area contributed by atoms with Crippen LogP contribution in [0.4, 0.5) is 0 Å². The molecule has 0 aliphatic rings. The Morgan fingerprint density at radius 2 is 2.00 bits per heavy atom. The van der Waals surface area contributed by atoms with Crippen LogP contribution in [-0.2, 0) is 11.2 Å². The Hall–Kier alpha value is -1.25. The minimum absolute atomic E-state index is 0.205. The summed E-state index contributed by atoms with van der Waals surface area (Å²) in [6, 6.07) is 10.1. The Balaban J connectivity index is 2.64. The summed E-state index contributed by atoms with van der Waals surface area (Å²) in [7, 11) is 1.60. The summed E-state index contributed by atoms with van der Waals surface area (Å²) in [6.07, 6.45) is 0.945. The zero-order valence-electron chi connectivity index (χ0n) is 10.00. The first kappa shape index (κ1) is 12.2. The van der Waals surface area contributed by atoms with Crippen molar-refractivity contribution in [3.8, 4) is 5.75 Å². The second-order valence-corrected chi connectivity index (χ2v) is 4.20. The molecule has 0 atom stereocenters. The van der Waals surface area contributed by atoms with Gasteiger partial charge in [-0.1, -0.05) is 42.8 Å². The number of aryl methyl sites for hydroxylation is 1. The van der Waals surface area contributed by atoms with Gasteiger partial charge in [-0.25, -0.2) is 0 Å². The van der Waals surface area contributed by atoms with Crippen molar-refractivity contribution < 1.29 is 9.47 Å². The summed E-state index contributed by atoms with van der Waals surface area (Å²) in [6.45, 7) is 2.33. The van der Waals surface area contributed by atoms with E-state index in [0.717, 1.165) is 17.2 Å². The third kappa shape index (κ3) is 2.38. The van der Waals surface area contributed by atoms with E-state index in [9.17, 15) is 0 Å². The number of rotatable bonds is 4. The average Bonchev–Trinajstić information content (AvgIpc) is 2.37. The molecule has 0 saturated heterocycles. The van der Waals surface area contributed by atoms with Gasteiger partial charge >= 0.3 is 0 Å². The van der Waals surface area contributed by atoms with Gasteiger partial charge in [0.15, 0.2) is 6.79 Å². The molecule has 3 heteroatoms. The molecule has 17 heavy (non-hydrogen) atoms. The van der Waals surface area contributed by atoms with Gasteiger partial charge in [0, 0.05) is 12.5 Å². The van der Waals surface area contributed by atoms with Gasteiger partial charge in [-0.05, 0) is 23.4 Å². The average molecular weight is 251 g/mol. The number of hydrogen-bond acceptors (Lipinski definition) is 2. The van der Waals surface area contributed by atoms with Crippen LogP contribution in [0, 0.1) is 0 Å². The zero-order valence-corrected chi connectivity index (χ0v) is 10.8. The molecule has 2 aromatic carbocycles. The molecule has 0 amide bonds. The second-order valence-electron chi connectivity index (χ2n) is 3.80. The van der Waals surface area contributed by atoms with Crippen LogP contribution in [0.2, 0.25) is 5.02 Å². The molecule has 0 radical (unpaired) electrons. The van der Waals surface area contributed by atoms with Gasteiger partial charge < -0.3 is 9.47 Å². The van der Waals surface area contributed by atoms with Crippen molar-refractivity contribution in [2.45, 2.75) is 13.3 Å². The van der Waals surface area contributed by atoms with E-state index in [4.69, 9.17) is 21.1 Å². The SMILES string of the molecule is CCc1cccc2ccc(Cl)c(OCOC)c12. The molecule has 0 aliphatic heterocycles. The van der Waals surface area contributed by atoms with Gasteiger partial charge in [0.25, 0.3) is 0 Å². The molecule has 2 nitrogen and oxygen atoms in total. The van der Waals surface area contributed by atoms with Crippen molar-refractivity contribution in [2.24, 2.45) is 0 Å². The quantitative estimate of drug-likeness (QED) is 0.763. The van der Waals surface area contributed by atoms with Crippen LogP contribution in [0.3, 0.4) is 0 Å². The Morgan fingerprint density at radius 3 is 2.71 bits per heavy atom. The summed E-state index contributed by atoms with van der Waals surface area (Å²) in [5.74, 6) is 0.712. The summed E-state index contributed by atoms with van der Waals surface area (Å²) in [5, 5.41) is 2.84. The van der Waals surface area contributed by atoms with Crippen molar-refractivity contribution in [1.29, 1.82) is 0 Å². The van der Waals surface area contributed by atoms with Gasteiger partial charge in [-0.15, -0.1) is 0 Å². The molecule has 0 spiro atoms. The first-order valence-electron chi connectivity index (χ1n) is 5.59. The Labute approximate surface area is 106 Å². The lowest BCUT2D eigenvalue weighted by Gasteiger charge is -2.13. The predicted molar refractivity (Wildman–Crippen MR) is 70.8 cm³/mol. The molecule has 0 aliphatic carbocycles. The fourth-order valence-electron chi connectivity index (χ4n) is 1.95. The maximum Gasteiger partial charge on any atom is 0.188 e. The van der Waals surface area contributed by atoms with Crippen LogP contribution in [0.5, 0.6) is 5.75 Å². The second kappa shape index (κ2) is 5.39. The molecule has 90 valence electrons. The number of fused-ring (bicyclic) bond motifs is 1. The lowest BCUT2D eigenvalue weighted by atomic mass is 10.0. The van der Waals surface area contributed by atoms with Crippen LogP contribution in [-0.4, -0.2) is 13.9 Å². The highest BCUT2D eigenvalue weighted by atomic mass is 35.5. The molecular formula is C14H15ClO2. The van der Waals surface area contributed by atoms with E-state index in [-0.39, 0.29) is 6.79 Å². The first-order valence-corrected chi connectivity index (χ1v) is 5.97. The van der Waals surface area contributed by atoms with E-state index in [0.29, 0.717) is 10.8 Å². The Kier molecular flexibility index (Phi) is 3.87. The summed E-state index contributed by atoms with van der Waals surface area (Å²) in [4.78, 5) is 0. The minimum atomic E-state index is 0.205. The third-order valence-corrected chi connectivity index (χ3v) is 3.04. The molecule has 0 bridgehead atoms. The molecule has 0 aromatic heterocycles. The highest BCUT2D eigenvalue weighted by Crippen LogP contribution is 2.35. The van der Waals surface area contributed by atoms with Gasteiger partial charge in [0.1, 0.15) is 5.75 Å². The largest absolute Gasteiger partial charge is 0.465 e. The summed E-state index contributed by atoms with van der Waals surface area (Å²) >= 11 is 6.19. The predicted octanol–water partition coefficient (Wildman–Crippen LogP) is 4.04.